The molecule has 0 saturated carbocycles. The van der Waals surface area contributed by atoms with Crippen LogP contribution in [-0.2, 0) is 0 Å². The van der Waals surface area contributed by atoms with Crippen LogP contribution in [-0.4, -0.2) is 6.93 Å². The summed E-state index contributed by atoms with van der Waals surface area (Å²) in [6, 6.07) is 0.936. The summed E-state index contributed by atoms with van der Waals surface area (Å²) >= 11 is 0. The molecule has 0 aliphatic heterocycles. The van der Waals surface area contributed by atoms with Crippen LogP contribution >= 0.6 is 0 Å². The molecule has 0 aliphatic carbocycles. The van der Waals surface area contributed by atoms with E-state index in [1.165, 1.54) is 16.7 Å². The topological polar surface area (TPSA) is 0 Å². The number of benzene rings is 1. The summed E-state index contributed by atoms with van der Waals surface area (Å²) in [5.74, 6) is 0. The van der Waals surface area contributed by atoms with Gasteiger partial charge in [-0.2, -0.15) is 0 Å². The first kappa shape index (κ1) is 11.0. The van der Waals surface area contributed by atoms with Crippen LogP contribution in [0.25, 0.3) is 0 Å². The third kappa shape index (κ3) is 1.76. The Balaban J connectivity index is 3.60. The second-order valence-corrected chi connectivity index (χ2v) is 6.65. The first-order chi connectivity index (χ1) is 6.86. The number of hydrogen-bond donors (Lipinski definition) is 0. The van der Waals surface area contributed by atoms with Gasteiger partial charge in [-0.25, -0.2) is 0 Å². The van der Waals surface area contributed by atoms with Crippen molar-refractivity contribution < 1.29 is 8.78 Å². The molecule has 0 radical (unpaired) electrons. The van der Waals surface area contributed by atoms with Gasteiger partial charge in [-0.1, -0.05) is 0 Å². The van der Waals surface area contributed by atoms with Crippen molar-refractivity contribution in [2.24, 2.45) is 0 Å². The van der Waals surface area contributed by atoms with Crippen LogP contribution in [0, 0.1) is 34.6 Å². The molecule has 0 fully saturated rings. The van der Waals surface area contributed by atoms with E-state index in [2.05, 4.69) is 6.92 Å². The molecule has 15 heavy (non-hydrogen) atoms. The average molecular weight is 448 g/mol. The second kappa shape index (κ2) is 3.60. The van der Waals surface area contributed by atoms with Gasteiger partial charge in [0.2, 0.25) is 0 Å². The van der Waals surface area contributed by atoms with E-state index >= 15 is 0 Å². The molecule has 1 aromatic rings. The van der Waals surface area contributed by atoms with Gasteiger partial charge in [0.15, 0.2) is 0 Å². The van der Waals surface area contributed by atoms with E-state index in [4.69, 9.17) is 0 Å². The molecule has 0 heterocycles. The zero-order valence-corrected chi connectivity index (χ0v) is 12.2. The van der Waals surface area contributed by atoms with Gasteiger partial charge in [-0.05, 0) is 0 Å². The molecule has 0 spiro atoms. The quantitative estimate of drug-likeness (QED) is 0.620. The molecule has 0 saturated heterocycles. The van der Waals surface area contributed by atoms with Crippen molar-refractivity contribution in [2.75, 3.05) is 0 Å². The van der Waals surface area contributed by atoms with Crippen LogP contribution < -0.4 is 6.07 Å². The zero-order valence-electron chi connectivity index (χ0n) is 9.57. The summed E-state index contributed by atoms with van der Waals surface area (Å²) in [6.45, 7) is 8.66. The Labute approximate surface area is 85.0 Å². The van der Waals surface area contributed by atoms with Crippen molar-refractivity contribution in [1.29, 1.82) is 0 Å². The molecule has 1 rings (SSSR count). The van der Waals surface area contributed by atoms with E-state index < -0.39 is 6.93 Å². The molecule has 0 bridgehead atoms. The molecule has 0 nitrogen and oxygen atoms in total. The Morgan fingerprint density at radius 3 is 1.40 bits per heavy atom. The van der Waals surface area contributed by atoms with Crippen LogP contribution in [0.2, 0.25) is 0 Å². The molecule has 1 aromatic carbocycles. The van der Waals surface area contributed by atoms with Crippen LogP contribution in [0.1, 0.15) is 27.8 Å². The molecule has 87 valence electrons. The minimum atomic E-state index is -1.59. The van der Waals surface area contributed by atoms with Crippen molar-refractivity contribution in [3.8, 4) is 0 Å². The molecule has 0 atom stereocenters. The van der Waals surface area contributed by atoms with Crippen molar-refractivity contribution in [1.82, 2.24) is 0 Å². The van der Waals surface area contributed by atoms with E-state index in [0.29, 0.717) is 0 Å². The Morgan fingerprint density at radius 1 is 0.733 bits per heavy atom. The van der Waals surface area contributed by atoms with E-state index in [-0.39, 0.29) is 0 Å². The van der Waals surface area contributed by atoms with E-state index in [1.54, 1.807) is 0 Å². The molecule has 0 aliphatic rings. The fraction of sp³-hybridized carbons (Fsp3) is 0.417. The normalized spacial score (nSPS) is 10.1. The molecule has 0 aromatic heterocycles. The first-order valence-corrected chi connectivity index (χ1v) is 7.33. The fourth-order valence-corrected chi connectivity index (χ4v) is 4.08. The molecule has 0 N–H and O–H groups in total. The van der Waals surface area contributed by atoms with Crippen LogP contribution in [0.15, 0.2) is 0 Å². The molecule has 0 amide bonds. The summed E-state index contributed by atoms with van der Waals surface area (Å²) in [5.41, 5.74) is 5.72. The van der Waals surface area contributed by atoms with E-state index in [1.807, 2.05) is 27.7 Å². The van der Waals surface area contributed by atoms with Crippen molar-refractivity contribution in [2.45, 2.75) is 34.6 Å². The van der Waals surface area contributed by atoms with Gasteiger partial charge in [0.25, 0.3) is 0 Å². The van der Waals surface area contributed by atoms with Crippen LogP contribution in [0.3, 0.4) is 0 Å². The van der Waals surface area contributed by atoms with Gasteiger partial charge in [-0.15, -0.1) is 0 Å². The Kier molecular flexibility index (Phi) is 2.65. The second-order valence-electron chi connectivity index (χ2n) is 3.68. The predicted molar refractivity (Wildman–Crippen MR) is 57.0 cm³/mol. The van der Waals surface area contributed by atoms with Gasteiger partial charge >= 0.3 is 84.2 Å². The molecular weight excluding hydrogens is 433 g/mol. The summed E-state index contributed by atoms with van der Waals surface area (Å²) in [6.07, 6.45) is 0. The molecular formula is C12H15CfF2. The Bertz CT molecular complexity index is 401. The van der Waals surface area contributed by atoms with Crippen molar-refractivity contribution in [3.05, 3.63) is 27.8 Å². The summed E-state index contributed by atoms with van der Waals surface area (Å²) in [5, 5.41) is 0. The van der Waals surface area contributed by atoms with Gasteiger partial charge in [0.05, 0.1) is 0 Å². The number of halogens is 2. The summed E-state index contributed by atoms with van der Waals surface area (Å²) in [7, 11) is 0. The average Bonchev–Trinajstić information content (AvgIpc) is 2.18. The number of rotatable bonds is 1. The third-order valence-corrected chi connectivity index (χ3v) is 6.13. The summed E-state index contributed by atoms with van der Waals surface area (Å²) < 4.78 is 23.3. The predicted octanol–water partition coefficient (Wildman–Crippen LogP) is 2.97. The standard InChI is InChI=1S/C11H15.CF2.Cf/c1-7-6-8(2)10(4)11(5)9(7)3;2-1-3;/h1-5H3;;. The number of hydrogen-bond acceptors (Lipinski definition) is 0. The van der Waals surface area contributed by atoms with E-state index in [9.17, 15) is 8.78 Å². The van der Waals surface area contributed by atoms with Crippen LogP contribution in [0.4, 0.5) is 8.78 Å². The van der Waals surface area contributed by atoms with Gasteiger partial charge < -0.3 is 0 Å². The van der Waals surface area contributed by atoms with Gasteiger partial charge in [0, 0.05) is 0 Å². The Morgan fingerprint density at radius 2 is 1.07 bits per heavy atom. The van der Waals surface area contributed by atoms with Crippen LogP contribution in [0.5, 0.6) is 0 Å². The zero-order chi connectivity index (χ0) is 11.7. The van der Waals surface area contributed by atoms with E-state index in [0.717, 1.165) is 17.2 Å². The van der Waals surface area contributed by atoms with Crippen molar-refractivity contribution in [3.63, 3.8) is 0 Å². The Hall–Kier alpha value is -2.05. The van der Waals surface area contributed by atoms with Crippen molar-refractivity contribution >= 4 is 13.0 Å². The fourth-order valence-electron chi connectivity index (χ4n) is 1.61. The van der Waals surface area contributed by atoms with Gasteiger partial charge in [-0.3, -0.25) is 0 Å². The maximum absolute atomic E-state index is 12.4. The monoisotopic (exact) mass is 446 g/mol. The maximum atomic E-state index is 12.4. The van der Waals surface area contributed by atoms with Gasteiger partial charge in [0.1, 0.15) is 0 Å². The molecule has 3 heteroatoms. The SMILES string of the molecule is Cc1c(C)c(C)[c]([Cf]=[C](F)F)c(C)c1C. The summed E-state index contributed by atoms with van der Waals surface area (Å²) in [4.78, 5) is 0. The first-order valence-electron chi connectivity index (χ1n) is 4.69. The third-order valence-electron chi connectivity index (χ3n) is 3.00. The minimum absolute atomic E-state index is 0.936. The molecule has 0 unspecified atom stereocenters.